The number of aliphatic hydroxyl groups is 4. The van der Waals surface area contributed by atoms with Crippen molar-refractivity contribution in [3.63, 3.8) is 0 Å². The predicted octanol–water partition coefficient (Wildman–Crippen LogP) is 15.6. The summed E-state index contributed by atoms with van der Waals surface area (Å²) in [5.74, 6) is 2.15. The number of rotatable bonds is 61. The van der Waals surface area contributed by atoms with Gasteiger partial charge >= 0.3 is 5.97 Å². The molecule has 10 nitrogen and oxygen atoms in total. The number of aliphatic hydroxyl groups excluding tert-OH is 4. The first-order chi connectivity index (χ1) is 37.7. The summed E-state index contributed by atoms with van der Waals surface area (Å²) >= 11 is 0. The topological polar surface area (TPSA) is 120 Å². The van der Waals surface area contributed by atoms with E-state index in [0.29, 0.717) is 39.2 Å². The van der Waals surface area contributed by atoms with Gasteiger partial charge < -0.3 is 25.2 Å². The van der Waals surface area contributed by atoms with E-state index in [0.717, 1.165) is 141 Å². The highest BCUT2D eigenvalue weighted by Gasteiger charge is 2.20. The number of hydrogen-bond acceptors (Lipinski definition) is 12. The number of hydrogen-bond donors (Lipinski definition) is 4. The maximum absolute atomic E-state index is 12.7. The van der Waals surface area contributed by atoms with Crippen LogP contribution in [-0.2, 0) is 9.53 Å². The molecule has 4 unspecified atom stereocenters. The summed E-state index contributed by atoms with van der Waals surface area (Å²) in [5, 5.41) is 44.0. The van der Waals surface area contributed by atoms with Gasteiger partial charge in [0.05, 0.1) is 24.4 Å². The number of ether oxygens (including phenoxy) is 1. The summed E-state index contributed by atoms with van der Waals surface area (Å²) in [4.78, 5) is 22.4. The fraction of sp³-hybridized carbons (Fsp3) is 0.985. The molecule has 1 fully saturated rings. The zero-order valence-corrected chi connectivity index (χ0v) is 53.3. The van der Waals surface area contributed by atoms with Crippen molar-refractivity contribution >= 4 is 27.6 Å². The fourth-order valence-corrected chi connectivity index (χ4v) is 13.3. The highest BCUT2D eigenvalue weighted by Crippen LogP contribution is 2.23. The second-order valence-corrected chi connectivity index (χ2v) is 26.6. The van der Waals surface area contributed by atoms with E-state index in [2.05, 4.69) is 47.3 Å². The molecule has 0 amide bonds. The van der Waals surface area contributed by atoms with Crippen molar-refractivity contribution in [2.75, 3.05) is 96.6 Å². The van der Waals surface area contributed by atoms with Crippen LogP contribution < -0.4 is 0 Å². The third-order valence-electron chi connectivity index (χ3n) is 16.2. The van der Waals surface area contributed by atoms with E-state index in [1.807, 2.05) is 21.6 Å². The molecule has 4 N–H and O–H groups in total. The largest absolute Gasteiger partial charge is 0.464 e. The van der Waals surface area contributed by atoms with Crippen molar-refractivity contribution in [2.24, 2.45) is 0 Å². The Balaban J connectivity index is 2.32. The minimum absolute atomic E-state index is 0.113. The van der Waals surface area contributed by atoms with Crippen LogP contribution >= 0.6 is 21.6 Å². The Labute approximate surface area is 486 Å². The molecule has 12 heteroatoms. The van der Waals surface area contributed by atoms with Crippen molar-refractivity contribution < 1.29 is 30.0 Å². The SMILES string of the molecule is CCCCCCCCCCC(O)CN(CCCCSSCCN1CCN(CCOC(=O)CCCCN(CC(O)CCCCCCCCCC)CC(O)CCCCCCCCCC)CC1)CC(O)CCCCCCCCCC. The van der Waals surface area contributed by atoms with Gasteiger partial charge in [0.25, 0.3) is 0 Å². The third kappa shape index (κ3) is 51.2. The van der Waals surface area contributed by atoms with Crippen molar-refractivity contribution in [1.82, 2.24) is 19.6 Å². The lowest BCUT2D eigenvalue weighted by atomic mass is 10.0. The number of carbonyl (C=O) groups is 1. The summed E-state index contributed by atoms with van der Waals surface area (Å²) in [6.07, 6.45) is 47.1. The van der Waals surface area contributed by atoms with Crippen molar-refractivity contribution in [3.8, 4) is 0 Å². The van der Waals surface area contributed by atoms with Gasteiger partial charge in [-0.05, 0) is 64.5 Å². The standard InChI is InChI=1S/C65H132N4O6S2/c1-5-9-13-17-21-25-29-33-41-61(70)57-68(58-62(71)42-34-30-26-22-18-14-10-6-2)46-38-37-45-65(74)75-54-52-66-48-50-67(51-49-66)53-56-77-76-55-40-39-47-69(59-63(72)43-35-31-27-23-19-15-11-7-3)60-64(73)44-36-32-28-24-20-16-12-8-4/h61-64,70-73H,5-60H2,1-4H3. The van der Waals surface area contributed by atoms with Crippen LogP contribution in [0.2, 0.25) is 0 Å². The Bertz CT molecular complexity index is 1150. The highest BCUT2D eigenvalue weighted by molar-refractivity contribution is 8.76. The quantitative estimate of drug-likeness (QED) is 0.0264. The molecule has 0 aromatic carbocycles. The summed E-state index contributed by atoms with van der Waals surface area (Å²) in [7, 11) is 3.99. The molecule has 1 aliphatic heterocycles. The van der Waals surface area contributed by atoms with Crippen LogP contribution in [0.15, 0.2) is 0 Å². The molecule has 0 spiro atoms. The molecule has 0 saturated carbocycles. The molecule has 1 heterocycles. The number of piperazine rings is 1. The monoisotopic (exact) mass is 1130 g/mol. The molecule has 77 heavy (non-hydrogen) atoms. The summed E-state index contributed by atoms with van der Waals surface area (Å²) in [6.45, 7) is 19.9. The summed E-state index contributed by atoms with van der Waals surface area (Å²) in [5.41, 5.74) is 0. The van der Waals surface area contributed by atoms with Crippen LogP contribution in [0.1, 0.15) is 291 Å². The van der Waals surface area contributed by atoms with E-state index < -0.39 is 0 Å². The smallest absolute Gasteiger partial charge is 0.305 e. The van der Waals surface area contributed by atoms with E-state index in [1.54, 1.807) is 0 Å². The minimum atomic E-state index is -0.374. The Kier molecular flexibility index (Phi) is 56.1. The first-order valence-electron chi connectivity index (χ1n) is 33.7. The van der Waals surface area contributed by atoms with Gasteiger partial charge in [0, 0.05) is 83.4 Å². The Hall–Kier alpha value is -0.150. The second-order valence-electron chi connectivity index (χ2n) is 23.9. The number of esters is 1. The lowest BCUT2D eigenvalue weighted by Gasteiger charge is -2.34. The Morgan fingerprint density at radius 2 is 0.688 bits per heavy atom. The second kappa shape index (κ2) is 57.7. The van der Waals surface area contributed by atoms with Gasteiger partial charge in [-0.3, -0.25) is 24.4 Å². The van der Waals surface area contributed by atoms with Gasteiger partial charge in [-0.15, -0.1) is 0 Å². The van der Waals surface area contributed by atoms with Crippen LogP contribution in [0.5, 0.6) is 0 Å². The van der Waals surface area contributed by atoms with Crippen LogP contribution in [-0.4, -0.2) is 167 Å². The van der Waals surface area contributed by atoms with E-state index >= 15 is 0 Å². The molecular weight excluding hydrogens is 997 g/mol. The molecule has 0 aliphatic carbocycles. The molecule has 0 radical (unpaired) electrons. The lowest BCUT2D eigenvalue weighted by Crippen LogP contribution is -2.47. The van der Waals surface area contributed by atoms with E-state index in [4.69, 9.17) is 4.74 Å². The van der Waals surface area contributed by atoms with E-state index in [9.17, 15) is 25.2 Å². The Morgan fingerprint density at radius 1 is 0.390 bits per heavy atom. The average molecular weight is 1130 g/mol. The zero-order chi connectivity index (χ0) is 55.9. The third-order valence-corrected chi connectivity index (χ3v) is 18.7. The first kappa shape index (κ1) is 74.9. The van der Waals surface area contributed by atoms with Gasteiger partial charge in [-0.25, -0.2) is 0 Å². The molecule has 460 valence electrons. The molecule has 1 aliphatic rings. The van der Waals surface area contributed by atoms with E-state index in [1.165, 1.54) is 180 Å². The normalized spacial score (nSPS) is 15.2. The van der Waals surface area contributed by atoms with Crippen LogP contribution in [0.25, 0.3) is 0 Å². The Morgan fingerprint density at radius 3 is 1.04 bits per heavy atom. The predicted molar refractivity (Wildman–Crippen MR) is 338 cm³/mol. The van der Waals surface area contributed by atoms with E-state index in [-0.39, 0.29) is 30.4 Å². The molecule has 0 aromatic heterocycles. The fourth-order valence-electron chi connectivity index (χ4n) is 11.1. The maximum atomic E-state index is 12.7. The van der Waals surface area contributed by atoms with Gasteiger partial charge in [0.2, 0.25) is 0 Å². The first-order valence-corrected chi connectivity index (χ1v) is 36.2. The zero-order valence-electron chi connectivity index (χ0n) is 51.6. The van der Waals surface area contributed by atoms with Gasteiger partial charge in [0.15, 0.2) is 0 Å². The van der Waals surface area contributed by atoms with Gasteiger partial charge in [-0.2, -0.15) is 0 Å². The lowest BCUT2D eigenvalue weighted by molar-refractivity contribution is -0.144. The molecule has 4 atom stereocenters. The molecule has 1 rings (SSSR count). The minimum Gasteiger partial charge on any atom is -0.464 e. The van der Waals surface area contributed by atoms with Crippen molar-refractivity contribution in [3.05, 3.63) is 0 Å². The van der Waals surface area contributed by atoms with Crippen LogP contribution in [0, 0.1) is 0 Å². The molecule has 0 aromatic rings. The molecule has 0 bridgehead atoms. The van der Waals surface area contributed by atoms with Gasteiger partial charge in [0.1, 0.15) is 6.61 Å². The van der Waals surface area contributed by atoms with Crippen molar-refractivity contribution in [1.29, 1.82) is 0 Å². The average Bonchev–Trinajstić information content (AvgIpc) is 3.41. The van der Waals surface area contributed by atoms with Crippen molar-refractivity contribution in [2.45, 2.75) is 315 Å². The maximum Gasteiger partial charge on any atom is 0.305 e. The van der Waals surface area contributed by atoms with Crippen LogP contribution in [0.3, 0.4) is 0 Å². The summed E-state index contributed by atoms with van der Waals surface area (Å²) < 4.78 is 5.70. The van der Waals surface area contributed by atoms with Crippen LogP contribution in [0.4, 0.5) is 0 Å². The summed E-state index contributed by atoms with van der Waals surface area (Å²) in [6, 6.07) is 0. The number of unbranched alkanes of at least 4 members (excludes halogenated alkanes) is 30. The number of nitrogens with zero attached hydrogens (tertiary/aromatic N) is 4. The molecule has 1 saturated heterocycles. The number of carbonyl (C=O) groups excluding carboxylic acids is 1. The molecular formula is C65H132N4O6S2. The van der Waals surface area contributed by atoms with Gasteiger partial charge in [-0.1, -0.05) is 255 Å². The highest BCUT2D eigenvalue weighted by atomic mass is 33.1.